The maximum atomic E-state index is 11.8. The number of carbonyl (C=O) groups is 1. The lowest BCUT2D eigenvalue weighted by atomic mass is 9.74. The lowest BCUT2D eigenvalue weighted by Gasteiger charge is -2.60. The average molecular weight is 281 g/mol. The molecule has 0 unspecified atom stereocenters. The van der Waals surface area contributed by atoms with Gasteiger partial charge in [-0.25, -0.2) is 4.79 Å². The molecular weight excluding hydrogens is 250 g/mol. The average Bonchev–Trinajstić information content (AvgIpc) is 2.09. The molecule has 0 aromatic rings. The van der Waals surface area contributed by atoms with Gasteiger partial charge in [-0.1, -0.05) is 6.58 Å². The normalized spacial score (nSPS) is 23.4. The van der Waals surface area contributed by atoms with E-state index in [1.54, 1.807) is 6.92 Å². The first kappa shape index (κ1) is 17.2. The van der Waals surface area contributed by atoms with Crippen LogP contribution in [0.4, 0.5) is 0 Å². The van der Waals surface area contributed by atoms with Crippen molar-refractivity contribution < 1.29 is 9.53 Å². The van der Waals surface area contributed by atoms with E-state index in [2.05, 4.69) is 59.9 Å². The molecule has 1 rings (SSSR count). The van der Waals surface area contributed by atoms with Crippen LogP contribution in [0.2, 0.25) is 0 Å². The Hall–Kier alpha value is -0.830. The summed E-state index contributed by atoms with van der Waals surface area (Å²) in [5, 5.41) is 0. The number of esters is 1. The minimum atomic E-state index is -0.272. The Labute approximate surface area is 124 Å². The van der Waals surface area contributed by atoms with Gasteiger partial charge in [0.1, 0.15) is 6.10 Å². The summed E-state index contributed by atoms with van der Waals surface area (Å²) in [6.45, 7) is 21.0. The van der Waals surface area contributed by atoms with Crippen LogP contribution in [0.15, 0.2) is 12.2 Å². The van der Waals surface area contributed by atoms with Crippen LogP contribution in [0.25, 0.3) is 0 Å². The molecule has 0 bridgehead atoms. The second-order valence-electron chi connectivity index (χ2n) is 8.35. The topological polar surface area (TPSA) is 29.5 Å². The lowest BCUT2D eigenvalue weighted by Crippen LogP contribution is -2.68. The molecule has 1 aliphatic heterocycles. The van der Waals surface area contributed by atoms with E-state index in [-0.39, 0.29) is 28.7 Å². The maximum absolute atomic E-state index is 11.8. The van der Waals surface area contributed by atoms with Gasteiger partial charge in [-0.3, -0.25) is 4.90 Å². The highest BCUT2D eigenvalue weighted by molar-refractivity contribution is 5.87. The Morgan fingerprint density at radius 3 is 1.85 bits per heavy atom. The van der Waals surface area contributed by atoms with Crippen LogP contribution >= 0.6 is 0 Å². The molecule has 116 valence electrons. The number of carbonyl (C=O) groups excluding carboxylic acids is 1. The van der Waals surface area contributed by atoms with Crippen LogP contribution in [-0.2, 0) is 9.53 Å². The number of ether oxygens (including phenoxy) is 1. The van der Waals surface area contributed by atoms with Gasteiger partial charge in [0.25, 0.3) is 0 Å². The van der Waals surface area contributed by atoms with E-state index in [0.29, 0.717) is 5.57 Å². The summed E-state index contributed by atoms with van der Waals surface area (Å²) >= 11 is 0. The molecule has 20 heavy (non-hydrogen) atoms. The van der Waals surface area contributed by atoms with Crippen LogP contribution in [0, 0.1) is 0 Å². The molecule has 0 aromatic carbocycles. The van der Waals surface area contributed by atoms with Crippen molar-refractivity contribution >= 4 is 5.97 Å². The molecule has 0 saturated carbocycles. The van der Waals surface area contributed by atoms with Crippen LogP contribution in [0.5, 0.6) is 0 Å². The summed E-state index contributed by atoms with van der Waals surface area (Å²) in [5.74, 6) is -0.272. The fourth-order valence-corrected chi connectivity index (χ4v) is 4.34. The number of hydrogen-bond donors (Lipinski definition) is 0. The van der Waals surface area contributed by atoms with E-state index in [1.165, 1.54) is 0 Å². The third-order valence-corrected chi connectivity index (χ3v) is 3.96. The van der Waals surface area contributed by atoms with Crippen molar-refractivity contribution in [2.75, 3.05) is 0 Å². The van der Waals surface area contributed by atoms with Gasteiger partial charge in [0.05, 0.1) is 0 Å². The highest BCUT2D eigenvalue weighted by Crippen LogP contribution is 2.44. The highest BCUT2D eigenvalue weighted by Gasteiger charge is 2.50. The molecule has 0 amide bonds. The van der Waals surface area contributed by atoms with Gasteiger partial charge in [-0.05, 0) is 55.4 Å². The Bertz CT molecular complexity index is 384. The fraction of sp³-hybridized carbons (Fsp3) is 0.824. The van der Waals surface area contributed by atoms with Crippen molar-refractivity contribution in [3.8, 4) is 0 Å². The Morgan fingerprint density at radius 2 is 1.55 bits per heavy atom. The van der Waals surface area contributed by atoms with E-state index in [4.69, 9.17) is 4.74 Å². The molecule has 0 N–H and O–H groups in total. The van der Waals surface area contributed by atoms with Crippen LogP contribution in [0.3, 0.4) is 0 Å². The largest absolute Gasteiger partial charge is 0.459 e. The SMILES string of the molecule is C=C(C)C(=O)OC1CC(C)(C)N(C(C)(C)C)C(C)(C)C1. The van der Waals surface area contributed by atoms with Crippen molar-refractivity contribution in [3.63, 3.8) is 0 Å². The molecule has 3 heteroatoms. The van der Waals surface area contributed by atoms with Gasteiger partial charge in [-0.2, -0.15) is 0 Å². The highest BCUT2D eigenvalue weighted by atomic mass is 16.5. The molecule has 0 radical (unpaired) electrons. The first-order chi connectivity index (χ1) is 8.77. The van der Waals surface area contributed by atoms with Crippen LogP contribution < -0.4 is 0 Å². The minimum Gasteiger partial charge on any atom is -0.459 e. The zero-order chi connectivity index (χ0) is 15.9. The summed E-state index contributed by atoms with van der Waals surface area (Å²) < 4.78 is 5.62. The first-order valence-corrected chi connectivity index (χ1v) is 7.44. The van der Waals surface area contributed by atoms with E-state index in [9.17, 15) is 4.79 Å². The second-order valence-corrected chi connectivity index (χ2v) is 8.35. The van der Waals surface area contributed by atoms with E-state index in [0.717, 1.165) is 12.8 Å². The van der Waals surface area contributed by atoms with Crippen molar-refractivity contribution in [1.82, 2.24) is 4.90 Å². The quantitative estimate of drug-likeness (QED) is 0.567. The summed E-state index contributed by atoms with van der Waals surface area (Å²) in [6.07, 6.45) is 1.67. The number of hydrogen-bond acceptors (Lipinski definition) is 3. The smallest absolute Gasteiger partial charge is 0.333 e. The van der Waals surface area contributed by atoms with Gasteiger partial charge in [0.2, 0.25) is 0 Å². The summed E-state index contributed by atoms with van der Waals surface area (Å²) in [6, 6.07) is 0. The van der Waals surface area contributed by atoms with Crippen molar-refractivity contribution in [1.29, 1.82) is 0 Å². The van der Waals surface area contributed by atoms with Gasteiger partial charge in [0, 0.05) is 35.0 Å². The van der Waals surface area contributed by atoms with E-state index >= 15 is 0 Å². The molecule has 1 heterocycles. The Balaban J connectivity index is 2.99. The van der Waals surface area contributed by atoms with Gasteiger partial charge in [-0.15, -0.1) is 0 Å². The molecular formula is C17H31NO2. The first-order valence-electron chi connectivity index (χ1n) is 7.44. The Morgan fingerprint density at radius 1 is 1.15 bits per heavy atom. The molecule has 3 nitrogen and oxygen atoms in total. The summed E-state index contributed by atoms with van der Waals surface area (Å²) in [4.78, 5) is 14.3. The maximum Gasteiger partial charge on any atom is 0.333 e. The van der Waals surface area contributed by atoms with Gasteiger partial charge < -0.3 is 4.74 Å². The van der Waals surface area contributed by atoms with Gasteiger partial charge >= 0.3 is 5.97 Å². The molecule has 0 aromatic heterocycles. The predicted molar refractivity (Wildman–Crippen MR) is 83.7 cm³/mol. The molecule has 0 aliphatic carbocycles. The third kappa shape index (κ3) is 3.63. The number of piperidine rings is 1. The van der Waals surface area contributed by atoms with Crippen molar-refractivity contribution in [3.05, 3.63) is 12.2 Å². The standard InChI is InChI=1S/C17H31NO2/c1-12(2)14(19)20-13-10-16(6,7)18(15(3,4)5)17(8,9)11-13/h13H,1,10-11H2,2-9H3. The monoisotopic (exact) mass is 281 g/mol. The third-order valence-electron chi connectivity index (χ3n) is 3.96. The Kier molecular flexibility index (Phi) is 4.46. The number of nitrogens with zero attached hydrogens (tertiary/aromatic N) is 1. The summed E-state index contributed by atoms with van der Waals surface area (Å²) in [5.41, 5.74) is 0.523. The number of rotatable bonds is 2. The lowest BCUT2D eigenvalue weighted by molar-refractivity contribution is -0.164. The zero-order valence-electron chi connectivity index (χ0n) is 14.5. The second kappa shape index (κ2) is 5.18. The molecule has 1 aliphatic rings. The van der Waals surface area contributed by atoms with Crippen molar-refractivity contribution in [2.24, 2.45) is 0 Å². The van der Waals surface area contributed by atoms with Gasteiger partial charge in [0.15, 0.2) is 0 Å². The fourth-order valence-electron chi connectivity index (χ4n) is 4.34. The van der Waals surface area contributed by atoms with E-state index < -0.39 is 0 Å². The van der Waals surface area contributed by atoms with E-state index in [1.807, 2.05) is 0 Å². The van der Waals surface area contributed by atoms with Crippen LogP contribution in [-0.4, -0.2) is 33.6 Å². The minimum absolute atomic E-state index is 0.0139. The molecule has 0 spiro atoms. The number of likely N-dealkylation sites (tertiary alicyclic amines) is 1. The zero-order valence-corrected chi connectivity index (χ0v) is 14.5. The molecule has 1 fully saturated rings. The van der Waals surface area contributed by atoms with Crippen LogP contribution in [0.1, 0.15) is 68.2 Å². The molecule has 1 saturated heterocycles. The predicted octanol–water partition coefficient (Wildman–Crippen LogP) is 3.93. The summed E-state index contributed by atoms with van der Waals surface area (Å²) in [7, 11) is 0. The molecule has 0 atom stereocenters. The van der Waals surface area contributed by atoms with Crippen molar-refractivity contribution in [2.45, 2.75) is 91.0 Å².